The van der Waals surface area contributed by atoms with Gasteiger partial charge in [-0.1, -0.05) is 17.4 Å². The summed E-state index contributed by atoms with van der Waals surface area (Å²) >= 11 is 0.972. The predicted molar refractivity (Wildman–Crippen MR) is 106 cm³/mol. The first kappa shape index (κ1) is 20.5. The molecule has 0 saturated carbocycles. The zero-order chi connectivity index (χ0) is 22.1. The largest absolute Gasteiger partial charge is 0.442 e. The van der Waals surface area contributed by atoms with Crippen molar-refractivity contribution in [3.8, 4) is 16.5 Å². The Morgan fingerprint density at radius 3 is 2.52 bits per heavy atom. The lowest BCUT2D eigenvalue weighted by molar-refractivity contribution is 0.112. The molecule has 0 aliphatic heterocycles. The van der Waals surface area contributed by atoms with Crippen LogP contribution in [0.15, 0.2) is 47.5 Å². The lowest BCUT2D eigenvalue weighted by atomic mass is 10.2. The maximum atomic E-state index is 14.6. The normalized spacial score (nSPS) is 11.0. The van der Waals surface area contributed by atoms with Gasteiger partial charge in [0.25, 0.3) is 0 Å². The Hall–Kier alpha value is -3.73. The molecule has 0 aliphatic carbocycles. The highest BCUT2D eigenvalue weighted by Crippen LogP contribution is 2.32. The summed E-state index contributed by atoms with van der Waals surface area (Å²) in [5.41, 5.74) is -0.457. The van der Waals surface area contributed by atoms with Crippen LogP contribution in [0.1, 0.15) is 21.1 Å². The number of benzene rings is 2. The third-order valence-electron chi connectivity index (χ3n) is 4.36. The maximum Gasteiger partial charge on any atom is 0.350 e. The molecule has 0 bridgehead atoms. The lowest BCUT2D eigenvalue weighted by Crippen LogP contribution is -2.24. The molecule has 0 atom stereocenters. The smallest absolute Gasteiger partial charge is 0.350 e. The summed E-state index contributed by atoms with van der Waals surface area (Å²) in [6.07, 6.45) is 1.68. The average molecular weight is 446 g/mol. The highest BCUT2D eigenvalue weighted by Gasteiger charge is 2.16. The number of aromatic nitrogens is 4. The Labute approximate surface area is 177 Å². The molecule has 2 heterocycles. The second kappa shape index (κ2) is 8.19. The van der Waals surface area contributed by atoms with Crippen molar-refractivity contribution in [1.29, 1.82) is 0 Å². The van der Waals surface area contributed by atoms with E-state index in [1.165, 1.54) is 18.2 Å². The minimum absolute atomic E-state index is 0.0946. The van der Waals surface area contributed by atoms with Crippen LogP contribution in [0.25, 0.3) is 5.69 Å². The number of ether oxygens (including phenoxy) is 1. The summed E-state index contributed by atoms with van der Waals surface area (Å²) < 4.78 is 49.7. The first-order valence-corrected chi connectivity index (χ1v) is 9.66. The van der Waals surface area contributed by atoms with E-state index >= 15 is 0 Å². The topological polar surface area (TPSA) is 79.0 Å². The second-order valence-electron chi connectivity index (χ2n) is 6.41. The standard InChI is InChI=1S/C20H13F3N4O3S/c1-11-19(31-18(9-28)25-11)30-17-6-5-12(7-16(17)23)27-20(29)26(10-24-27)8-13-14(21)3-2-4-15(13)22/h2-7,9-10H,8H2,1H3. The predicted octanol–water partition coefficient (Wildman–Crippen LogP) is 3.87. The molecular weight excluding hydrogens is 433 g/mol. The van der Waals surface area contributed by atoms with Crippen LogP contribution in [-0.4, -0.2) is 25.6 Å². The van der Waals surface area contributed by atoms with E-state index in [0.29, 0.717) is 12.0 Å². The van der Waals surface area contributed by atoms with E-state index in [-0.39, 0.29) is 33.6 Å². The van der Waals surface area contributed by atoms with Crippen LogP contribution < -0.4 is 10.4 Å². The molecule has 0 N–H and O–H groups in total. The van der Waals surface area contributed by atoms with Gasteiger partial charge in [0.2, 0.25) is 5.06 Å². The number of aldehydes is 1. The number of rotatable bonds is 6. The summed E-state index contributed by atoms with van der Waals surface area (Å²) in [5.74, 6) is -2.49. The minimum Gasteiger partial charge on any atom is -0.442 e. The van der Waals surface area contributed by atoms with Crippen LogP contribution in [0.2, 0.25) is 0 Å². The Bertz CT molecular complexity index is 1330. The van der Waals surface area contributed by atoms with Crippen molar-refractivity contribution in [3.05, 3.63) is 86.9 Å². The van der Waals surface area contributed by atoms with Crippen LogP contribution in [-0.2, 0) is 6.54 Å². The van der Waals surface area contributed by atoms with Crippen molar-refractivity contribution in [2.45, 2.75) is 13.5 Å². The first-order valence-electron chi connectivity index (χ1n) is 8.85. The maximum absolute atomic E-state index is 14.6. The summed E-state index contributed by atoms with van der Waals surface area (Å²) in [6.45, 7) is 1.25. The number of nitrogens with zero attached hydrogens (tertiary/aromatic N) is 4. The van der Waals surface area contributed by atoms with Gasteiger partial charge in [0.1, 0.15) is 18.0 Å². The molecule has 31 heavy (non-hydrogen) atoms. The molecule has 2 aromatic heterocycles. The van der Waals surface area contributed by atoms with E-state index < -0.39 is 23.1 Å². The molecule has 158 valence electrons. The van der Waals surface area contributed by atoms with E-state index in [1.807, 2.05) is 0 Å². The average Bonchev–Trinajstić information content (AvgIpc) is 3.28. The number of thiazole rings is 1. The monoisotopic (exact) mass is 446 g/mol. The molecule has 0 spiro atoms. The van der Waals surface area contributed by atoms with Crippen LogP contribution in [0.5, 0.6) is 10.8 Å². The van der Waals surface area contributed by atoms with Crippen molar-refractivity contribution < 1.29 is 22.7 Å². The summed E-state index contributed by atoms with van der Waals surface area (Å²) in [7, 11) is 0. The molecule has 0 radical (unpaired) electrons. The SMILES string of the molecule is Cc1nc(C=O)sc1Oc1ccc(-n2ncn(Cc3c(F)cccc3F)c2=O)cc1F. The van der Waals surface area contributed by atoms with E-state index in [0.717, 1.165) is 45.1 Å². The molecule has 0 fully saturated rings. The van der Waals surface area contributed by atoms with Crippen LogP contribution in [0, 0.1) is 24.4 Å². The fourth-order valence-electron chi connectivity index (χ4n) is 2.83. The zero-order valence-corrected chi connectivity index (χ0v) is 16.7. The molecule has 0 unspecified atom stereocenters. The van der Waals surface area contributed by atoms with Crippen molar-refractivity contribution in [2.75, 3.05) is 0 Å². The van der Waals surface area contributed by atoms with Crippen LogP contribution in [0.3, 0.4) is 0 Å². The van der Waals surface area contributed by atoms with Gasteiger partial charge in [-0.05, 0) is 31.2 Å². The van der Waals surface area contributed by atoms with E-state index in [2.05, 4.69) is 10.1 Å². The fourth-order valence-corrected chi connectivity index (χ4v) is 3.57. The quantitative estimate of drug-likeness (QED) is 0.420. The molecule has 0 saturated heterocycles. The molecule has 2 aromatic carbocycles. The summed E-state index contributed by atoms with van der Waals surface area (Å²) in [4.78, 5) is 27.4. The van der Waals surface area contributed by atoms with Gasteiger partial charge in [-0.2, -0.15) is 9.78 Å². The van der Waals surface area contributed by atoms with Gasteiger partial charge in [0.05, 0.1) is 17.9 Å². The minimum atomic E-state index is -0.789. The Balaban J connectivity index is 1.61. The highest BCUT2D eigenvalue weighted by molar-refractivity contribution is 7.15. The number of hydrogen-bond acceptors (Lipinski definition) is 6. The van der Waals surface area contributed by atoms with E-state index in [1.54, 1.807) is 6.92 Å². The number of carbonyl (C=O) groups excluding carboxylic acids is 1. The van der Waals surface area contributed by atoms with Gasteiger partial charge in [0, 0.05) is 11.6 Å². The lowest BCUT2D eigenvalue weighted by Gasteiger charge is -2.07. The fraction of sp³-hybridized carbons (Fsp3) is 0.100. The summed E-state index contributed by atoms with van der Waals surface area (Å²) in [6, 6.07) is 7.13. The molecule has 0 amide bonds. The van der Waals surface area contributed by atoms with Crippen LogP contribution in [0.4, 0.5) is 13.2 Å². The molecule has 11 heteroatoms. The van der Waals surface area contributed by atoms with Gasteiger partial charge in [-0.15, -0.1) is 0 Å². The summed E-state index contributed by atoms with van der Waals surface area (Å²) in [5, 5.41) is 4.36. The molecule has 4 aromatic rings. The van der Waals surface area contributed by atoms with Gasteiger partial charge in [0.15, 0.2) is 22.9 Å². The van der Waals surface area contributed by atoms with E-state index in [4.69, 9.17) is 4.74 Å². The molecular formula is C20H13F3N4O3S. The van der Waals surface area contributed by atoms with Gasteiger partial charge in [-0.25, -0.2) is 22.9 Å². The number of hydrogen-bond donors (Lipinski definition) is 0. The number of carbonyl (C=O) groups is 1. The van der Waals surface area contributed by atoms with Gasteiger partial charge >= 0.3 is 5.69 Å². The Morgan fingerprint density at radius 1 is 1.13 bits per heavy atom. The van der Waals surface area contributed by atoms with Crippen LogP contribution >= 0.6 is 11.3 Å². The second-order valence-corrected chi connectivity index (χ2v) is 7.41. The third-order valence-corrected chi connectivity index (χ3v) is 5.32. The molecule has 0 aliphatic rings. The van der Waals surface area contributed by atoms with Crippen molar-refractivity contribution in [1.82, 2.24) is 19.3 Å². The Kier molecular flexibility index (Phi) is 5.42. The molecule has 4 rings (SSSR count). The van der Waals surface area contributed by atoms with Gasteiger partial charge < -0.3 is 4.74 Å². The first-order chi connectivity index (χ1) is 14.9. The van der Waals surface area contributed by atoms with Gasteiger partial charge in [-0.3, -0.25) is 9.36 Å². The number of aryl methyl sites for hydroxylation is 1. The van der Waals surface area contributed by atoms with E-state index in [9.17, 15) is 22.8 Å². The third kappa shape index (κ3) is 3.99. The number of halogens is 3. The highest BCUT2D eigenvalue weighted by atomic mass is 32.1. The zero-order valence-electron chi connectivity index (χ0n) is 15.9. The Morgan fingerprint density at radius 2 is 1.87 bits per heavy atom. The molecule has 7 nitrogen and oxygen atoms in total. The van der Waals surface area contributed by atoms with Crippen molar-refractivity contribution in [2.24, 2.45) is 0 Å². The van der Waals surface area contributed by atoms with Crippen molar-refractivity contribution >= 4 is 17.6 Å². The van der Waals surface area contributed by atoms with Crippen molar-refractivity contribution in [3.63, 3.8) is 0 Å².